The van der Waals surface area contributed by atoms with E-state index in [9.17, 15) is 18.0 Å². The van der Waals surface area contributed by atoms with Gasteiger partial charge in [0.1, 0.15) is 28.9 Å². The van der Waals surface area contributed by atoms with E-state index >= 15 is 4.39 Å². The van der Waals surface area contributed by atoms with Crippen LogP contribution in [0.1, 0.15) is 35.3 Å². The molecule has 39 heavy (non-hydrogen) atoms. The quantitative estimate of drug-likeness (QED) is 0.438. The van der Waals surface area contributed by atoms with E-state index < -0.39 is 26.5 Å². The molecule has 0 saturated carbocycles. The predicted octanol–water partition coefficient (Wildman–Crippen LogP) is 3.44. The minimum Gasteiger partial charge on any atom is -0.491 e. The number of carbonyl (C=O) groups is 2. The minimum atomic E-state index is -3.77. The van der Waals surface area contributed by atoms with E-state index in [0.717, 1.165) is 29.0 Å². The molecule has 1 aliphatic heterocycles. The van der Waals surface area contributed by atoms with Crippen molar-refractivity contribution < 1.29 is 27.1 Å². The highest BCUT2D eigenvalue weighted by molar-refractivity contribution is 7.90. The fourth-order valence-electron chi connectivity index (χ4n) is 4.45. The van der Waals surface area contributed by atoms with Crippen LogP contribution in [0.15, 0.2) is 53.6 Å². The van der Waals surface area contributed by atoms with E-state index in [1.165, 1.54) is 6.07 Å². The molecule has 9 nitrogen and oxygen atoms in total. The van der Waals surface area contributed by atoms with E-state index in [0.29, 0.717) is 18.1 Å². The molecule has 2 amide bonds. The van der Waals surface area contributed by atoms with Crippen LogP contribution in [-0.4, -0.2) is 62.6 Å². The lowest BCUT2D eigenvalue weighted by Crippen LogP contribution is -2.33. The van der Waals surface area contributed by atoms with E-state index in [2.05, 4.69) is 15.6 Å². The molecule has 11 heteroatoms. The molecule has 0 radical (unpaired) electrons. The van der Waals surface area contributed by atoms with E-state index in [1.807, 2.05) is 31.2 Å². The van der Waals surface area contributed by atoms with Gasteiger partial charge in [-0.05, 0) is 55.3 Å². The number of aromatic nitrogens is 1. The standard InChI is InChI=1S/C28H31FN4O5S/c1-4-21-22(8-10-24(27(21)29)39(3,36)37)28(35)33-12-13-38-23-9-6-18(14-20(23)17-33)19-7-11-25(31-15-19)32-16-26(34)30-5-2/h6-11,14-15H,4-5,12-13,16-17H2,1-3H3,(H,30,34)(H,31,32). The van der Waals surface area contributed by atoms with E-state index in [1.54, 1.807) is 24.1 Å². The lowest BCUT2D eigenvalue weighted by molar-refractivity contribution is -0.119. The second kappa shape index (κ2) is 11.8. The number of likely N-dealkylation sites (N-methyl/N-ethyl adjacent to an activating group) is 1. The van der Waals surface area contributed by atoms with Gasteiger partial charge in [-0.2, -0.15) is 0 Å². The summed E-state index contributed by atoms with van der Waals surface area (Å²) >= 11 is 0. The van der Waals surface area contributed by atoms with Crippen molar-refractivity contribution in [2.75, 3.05) is 37.8 Å². The van der Waals surface area contributed by atoms with Crippen LogP contribution < -0.4 is 15.4 Å². The summed E-state index contributed by atoms with van der Waals surface area (Å²) in [5.41, 5.74) is 2.71. The predicted molar refractivity (Wildman–Crippen MR) is 146 cm³/mol. The van der Waals surface area contributed by atoms with Crippen molar-refractivity contribution in [2.45, 2.75) is 31.7 Å². The first-order valence-electron chi connectivity index (χ1n) is 12.7. The molecular weight excluding hydrogens is 523 g/mol. The molecule has 3 aromatic rings. The Kier molecular flexibility index (Phi) is 8.49. The summed E-state index contributed by atoms with van der Waals surface area (Å²) in [5, 5.41) is 5.69. The molecule has 4 rings (SSSR count). The van der Waals surface area contributed by atoms with Crippen LogP contribution in [0.25, 0.3) is 11.1 Å². The average Bonchev–Trinajstić information content (AvgIpc) is 3.13. The summed E-state index contributed by atoms with van der Waals surface area (Å²) in [4.78, 5) is 30.7. The monoisotopic (exact) mass is 554 g/mol. The number of nitrogens with zero attached hydrogens (tertiary/aromatic N) is 2. The molecular formula is C28H31FN4O5S. The molecule has 0 fully saturated rings. The Bertz CT molecular complexity index is 1490. The maximum absolute atomic E-state index is 15.1. The maximum Gasteiger partial charge on any atom is 0.254 e. The normalized spacial score (nSPS) is 13.2. The maximum atomic E-state index is 15.1. The number of anilines is 1. The minimum absolute atomic E-state index is 0.0778. The van der Waals surface area contributed by atoms with Gasteiger partial charge in [0, 0.05) is 47.8 Å². The number of halogens is 1. The van der Waals surface area contributed by atoms with Crippen LogP contribution in [0.4, 0.5) is 10.2 Å². The molecule has 2 N–H and O–H groups in total. The number of pyridine rings is 1. The molecule has 1 aliphatic rings. The zero-order chi connectivity index (χ0) is 28.2. The molecule has 0 unspecified atom stereocenters. The number of carbonyl (C=O) groups excluding carboxylic acids is 2. The fourth-order valence-corrected chi connectivity index (χ4v) is 5.21. The summed E-state index contributed by atoms with van der Waals surface area (Å²) in [7, 11) is -3.77. The third-order valence-corrected chi connectivity index (χ3v) is 7.53. The Balaban J connectivity index is 1.56. The SMILES string of the molecule is CCNC(=O)CNc1ccc(-c2ccc3c(c2)CN(C(=O)c2ccc(S(C)(=O)=O)c(F)c2CC)CCO3)cn1. The summed E-state index contributed by atoms with van der Waals surface area (Å²) in [5.74, 6) is -0.168. The van der Waals surface area contributed by atoms with Crippen molar-refractivity contribution in [1.82, 2.24) is 15.2 Å². The highest BCUT2D eigenvalue weighted by atomic mass is 32.2. The number of sulfone groups is 1. The lowest BCUT2D eigenvalue weighted by Gasteiger charge is -2.22. The second-order valence-corrected chi connectivity index (χ2v) is 11.2. The van der Waals surface area contributed by atoms with Crippen LogP contribution in [0.2, 0.25) is 0 Å². The number of amides is 2. The van der Waals surface area contributed by atoms with Crippen LogP contribution in [-0.2, 0) is 27.6 Å². The number of rotatable bonds is 8. The first kappa shape index (κ1) is 28.0. The van der Waals surface area contributed by atoms with Crippen LogP contribution in [0.5, 0.6) is 5.75 Å². The van der Waals surface area contributed by atoms with Gasteiger partial charge >= 0.3 is 0 Å². The van der Waals surface area contributed by atoms with E-state index in [4.69, 9.17) is 4.74 Å². The number of ether oxygens (including phenoxy) is 1. The van der Waals surface area contributed by atoms with Crippen LogP contribution in [0.3, 0.4) is 0 Å². The molecule has 0 saturated heterocycles. The average molecular weight is 555 g/mol. The lowest BCUT2D eigenvalue weighted by atomic mass is 10.0. The Hall–Kier alpha value is -3.99. The van der Waals surface area contributed by atoms with Crippen LogP contribution >= 0.6 is 0 Å². The zero-order valence-electron chi connectivity index (χ0n) is 22.1. The molecule has 0 aliphatic carbocycles. The number of hydrogen-bond acceptors (Lipinski definition) is 7. The van der Waals surface area contributed by atoms with Crippen molar-refractivity contribution in [3.8, 4) is 16.9 Å². The Morgan fingerprint density at radius 2 is 1.87 bits per heavy atom. The molecule has 0 bridgehead atoms. The van der Waals surface area contributed by atoms with Gasteiger partial charge in [-0.1, -0.05) is 13.0 Å². The van der Waals surface area contributed by atoms with Crippen molar-refractivity contribution in [3.63, 3.8) is 0 Å². The number of hydrogen-bond donors (Lipinski definition) is 2. The van der Waals surface area contributed by atoms with Crippen molar-refractivity contribution in [1.29, 1.82) is 0 Å². The fraction of sp³-hybridized carbons (Fsp3) is 0.321. The molecule has 2 aromatic carbocycles. The summed E-state index contributed by atoms with van der Waals surface area (Å²) < 4.78 is 44.9. The molecule has 0 atom stereocenters. The first-order valence-corrected chi connectivity index (χ1v) is 14.5. The van der Waals surface area contributed by atoms with Gasteiger partial charge in [0.2, 0.25) is 5.91 Å². The van der Waals surface area contributed by atoms with Crippen LogP contribution in [0, 0.1) is 5.82 Å². The highest BCUT2D eigenvalue weighted by Gasteiger charge is 2.27. The van der Waals surface area contributed by atoms with E-state index in [-0.39, 0.29) is 49.7 Å². The van der Waals surface area contributed by atoms with Gasteiger partial charge in [-0.15, -0.1) is 0 Å². The van der Waals surface area contributed by atoms with Gasteiger partial charge in [-0.25, -0.2) is 17.8 Å². The Labute approximate surface area is 227 Å². The number of benzene rings is 2. The molecule has 2 heterocycles. The summed E-state index contributed by atoms with van der Waals surface area (Å²) in [6.07, 6.45) is 2.81. The molecule has 0 spiro atoms. The number of fused-ring (bicyclic) bond motifs is 1. The van der Waals surface area contributed by atoms with Crippen molar-refractivity contribution >= 4 is 27.5 Å². The van der Waals surface area contributed by atoms with Gasteiger partial charge < -0.3 is 20.3 Å². The summed E-state index contributed by atoms with van der Waals surface area (Å²) in [6.45, 7) is 5.01. The molecule has 1 aromatic heterocycles. The number of nitrogens with one attached hydrogen (secondary N) is 2. The Morgan fingerprint density at radius 3 is 2.54 bits per heavy atom. The smallest absolute Gasteiger partial charge is 0.254 e. The van der Waals surface area contributed by atoms with Crippen molar-refractivity contribution in [3.05, 3.63) is 71.2 Å². The van der Waals surface area contributed by atoms with Gasteiger partial charge in [0.15, 0.2) is 9.84 Å². The summed E-state index contributed by atoms with van der Waals surface area (Å²) in [6, 6.07) is 11.9. The third-order valence-electron chi connectivity index (χ3n) is 6.42. The first-order chi connectivity index (χ1) is 18.6. The van der Waals surface area contributed by atoms with Gasteiger partial charge in [-0.3, -0.25) is 9.59 Å². The van der Waals surface area contributed by atoms with Gasteiger partial charge in [0.25, 0.3) is 5.91 Å². The molecule has 206 valence electrons. The second-order valence-electron chi connectivity index (χ2n) is 9.17. The Morgan fingerprint density at radius 1 is 1.10 bits per heavy atom. The topological polar surface area (TPSA) is 118 Å². The zero-order valence-corrected chi connectivity index (χ0v) is 22.9. The van der Waals surface area contributed by atoms with Crippen molar-refractivity contribution in [2.24, 2.45) is 0 Å². The largest absolute Gasteiger partial charge is 0.491 e. The third kappa shape index (κ3) is 6.36. The highest BCUT2D eigenvalue weighted by Crippen LogP contribution is 2.31. The van der Waals surface area contributed by atoms with Gasteiger partial charge in [0.05, 0.1) is 13.1 Å².